The second kappa shape index (κ2) is 6.38. The van der Waals surface area contributed by atoms with Crippen molar-refractivity contribution < 1.29 is 14.3 Å². The molecule has 3 fully saturated rings. The topological polar surface area (TPSA) is 42.0 Å². The maximum atomic E-state index is 13.2. The zero-order valence-corrected chi connectivity index (χ0v) is 15.5. The van der Waals surface area contributed by atoms with Crippen LogP contribution in [0.25, 0.3) is 0 Å². The molecule has 4 rings (SSSR count). The summed E-state index contributed by atoms with van der Waals surface area (Å²) in [5.41, 5.74) is 4.54. The fourth-order valence-corrected chi connectivity index (χ4v) is 4.79. The first-order chi connectivity index (χ1) is 12.0. The summed E-state index contributed by atoms with van der Waals surface area (Å²) in [4.78, 5) is 17.5. The van der Waals surface area contributed by atoms with E-state index in [1.165, 1.54) is 16.7 Å². The normalized spacial score (nSPS) is 30.6. The van der Waals surface area contributed by atoms with Crippen LogP contribution in [0.1, 0.15) is 29.5 Å². The Morgan fingerprint density at radius 3 is 2.56 bits per heavy atom. The van der Waals surface area contributed by atoms with E-state index in [9.17, 15) is 4.79 Å². The quantitative estimate of drug-likeness (QED) is 0.825. The predicted molar refractivity (Wildman–Crippen MR) is 97.1 cm³/mol. The summed E-state index contributed by atoms with van der Waals surface area (Å²) >= 11 is 0. The van der Waals surface area contributed by atoms with Crippen LogP contribution in [0.3, 0.4) is 0 Å². The lowest BCUT2D eigenvalue weighted by Crippen LogP contribution is -2.57. The number of hydrogen-bond donors (Lipinski definition) is 0. The summed E-state index contributed by atoms with van der Waals surface area (Å²) < 4.78 is 11.6. The maximum absolute atomic E-state index is 13.2. The zero-order valence-electron chi connectivity index (χ0n) is 15.5. The van der Waals surface area contributed by atoms with Gasteiger partial charge in [0.2, 0.25) is 5.91 Å². The van der Waals surface area contributed by atoms with Gasteiger partial charge in [-0.3, -0.25) is 9.69 Å². The number of ether oxygens (including phenoxy) is 2. The van der Waals surface area contributed by atoms with E-state index in [4.69, 9.17) is 9.47 Å². The summed E-state index contributed by atoms with van der Waals surface area (Å²) in [6.07, 6.45) is 1.83. The standard InChI is InChI=1S/C20H28N2O3/c1-14-10-15(2)18(16(3)11-14)22-6-4-17(19(22)23)21-7-9-25-20(12-21)5-8-24-13-20/h10-11,17H,4-9,12-13H2,1-3H3/t17-,20+/m0/s1. The average molecular weight is 344 g/mol. The van der Waals surface area contributed by atoms with Gasteiger partial charge in [0.25, 0.3) is 0 Å². The van der Waals surface area contributed by atoms with E-state index in [2.05, 4.69) is 37.8 Å². The Kier molecular flexibility index (Phi) is 4.34. The number of morpholine rings is 1. The van der Waals surface area contributed by atoms with Crippen LogP contribution >= 0.6 is 0 Å². The summed E-state index contributed by atoms with van der Waals surface area (Å²) in [7, 11) is 0. The molecule has 1 aromatic rings. The second-order valence-corrected chi connectivity index (χ2v) is 7.85. The van der Waals surface area contributed by atoms with Gasteiger partial charge in [-0.15, -0.1) is 0 Å². The molecule has 0 unspecified atom stereocenters. The van der Waals surface area contributed by atoms with E-state index in [0.29, 0.717) is 13.2 Å². The van der Waals surface area contributed by atoms with E-state index >= 15 is 0 Å². The Bertz CT molecular complexity index is 659. The minimum Gasteiger partial charge on any atom is -0.378 e. The van der Waals surface area contributed by atoms with Crippen LogP contribution in [0.15, 0.2) is 12.1 Å². The average Bonchev–Trinajstić information content (AvgIpc) is 3.14. The van der Waals surface area contributed by atoms with Crippen LogP contribution in [-0.2, 0) is 14.3 Å². The largest absolute Gasteiger partial charge is 0.378 e. The Balaban J connectivity index is 1.54. The van der Waals surface area contributed by atoms with Crippen molar-refractivity contribution in [2.75, 3.05) is 44.4 Å². The fourth-order valence-electron chi connectivity index (χ4n) is 4.79. The smallest absolute Gasteiger partial charge is 0.244 e. The van der Waals surface area contributed by atoms with Gasteiger partial charge in [0, 0.05) is 38.3 Å². The molecule has 1 spiro atoms. The monoisotopic (exact) mass is 344 g/mol. The number of carbonyl (C=O) groups is 1. The van der Waals surface area contributed by atoms with E-state index < -0.39 is 0 Å². The molecule has 3 aliphatic heterocycles. The SMILES string of the molecule is Cc1cc(C)c(N2CC[C@H](N3CCO[C@]4(CCOC4)C3)C2=O)c(C)c1. The summed E-state index contributed by atoms with van der Waals surface area (Å²) in [5, 5.41) is 0. The maximum Gasteiger partial charge on any atom is 0.244 e. The first kappa shape index (κ1) is 17.0. The lowest BCUT2D eigenvalue weighted by atomic mass is 9.99. The van der Waals surface area contributed by atoms with Crippen LogP contribution in [0.4, 0.5) is 5.69 Å². The molecule has 0 aliphatic carbocycles. The molecule has 1 aromatic carbocycles. The van der Waals surface area contributed by atoms with E-state index in [1.54, 1.807) is 0 Å². The molecule has 2 atom stereocenters. The van der Waals surface area contributed by atoms with Crippen LogP contribution in [-0.4, -0.2) is 61.9 Å². The highest BCUT2D eigenvalue weighted by molar-refractivity contribution is 6.00. The molecule has 0 aromatic heterocycles. The number of carbonyl (C=O) groups excluding carboxylic acids is 1. The lowest BCUT2D eigenvalue weighted by molar-refractivity contribution is -0.135. The minimum absolute atomic E-state index is 0.0264. The molecule has 5 heteroatoms. The molecule has 0 saturated carbocycles. The van der Waals surface area contributed by atoms with E-state index in [0.717, 1.165) is 44.8 Å². The number of hydrogen-bond acceptors (Lipinski definition) is 4. The number of aryl methyl sites for hydroxylation is 3. The Labute approximate surface area is 149 Å². The highest BCUT2D eigenvalue weighted by Crippen LogP contribution is 2.34. The highest BCUT2D eigenvalue weighted by atomic mass is 16.6. The number of anilines is 1. The van der Waals surface area contributed by atoms with Gasteiger partial charge < -0.3 is 14.4 Å². The van der Waals surface area contributed by atoms with Gasteiger partial charge in [0.05, 0.1) is 19.3 Å². The number of amides is 1. The van der Waals surface area contributed by atoms with Crippen molar-refractivity contribution in [3.8, 4) is 0 Å². The third-order valence-electron chi connectivity index (χ3n) is 5.87. The molecule has 3 saturated heterocycles. The van der Waals surface area contributed by atoms with Crippen LogP contribution < -0.4 is 4.90 Å². The number of benzene rings is 1. The highest BCUT2D eigenvalue weighted by Gasteiger charge is 2.45. The third kappa shape index (κ3) is 2.98. The van der Waals surface area contributed by atoms with Crippen LogP contribution in [0, 0.1) is 20.8 Å². The van der Waals surface area contributed by atoms with Crippen molar-refractivity contribution in [1.82, 2.24) is 4.90 Å². The van der Waals surface area contributed by atoms with Crippen molar-refractivity contribution in [3.05, 3.63) is 28.8 Å². The molecular weight excluding hydrogens is 316 g/mol. The van der Waals surface area contributed by atoms with Crippen LogP contribution in [0.2, 0.25) is 0 Å². The van der Waals surface area contributed by atoms with Gasteiger partial charge in [-0.1, -0.05) is 17.7 Å². The molecule has 0 N–H and O–H groups in total. The minimum atomic E-state index is -0.193. The molecule has 25 heavy (non-hydrogen) atoms. The first-order valence-electron chi connectivity index (χ1n) is 9.34. The molecule has 3 aliphatic rings. The predicted octanol–water partition coefficient (Wildman–Crippen LogP) is 2.21. The Morgan fingerprint density at radius 2 is 1.88 bits per heavy atom. The fraction of sp³-hybridized carbons (Fsp3) is 0.650. The van der Waals surface area contributed by atoms with Gasteiger partial charge >= 0.3 is 0 Å². The van der Waals surface area contributed by atoms with E-state index in [-0.39, 0.29) is 17.6 Å². The van der Waals surface area contributed by atoms with E-state index in [1.807, 2.05) is 4.90 Å². The van der Waals surface area contributed by atoms with Gasteiger partial charge in [0.15, 0.2) is 0 Å². The van der Waals surface area contributed by atoms with Gasteiger partial charge in [-0.25, -0.2) is 0 Å². The molecule has 136 valence electrons. The van der Waals surface area contributed by atoms with Crippen molar-refractivity contribution in [1.29, 1.82) is 0 Å². The first-order valence-corrected chi connectivity index (χ1v) is 9.34. The van der Waals surface area contributed by atoms with Crippen molar-refractivity contribution in [3.63, 3.8) is 0 Å². The molecule has 0 bridgehead atoms. The van der Waals surface area contributed by atoms with Crippen LogP contribution in [0.5, 0.6) is 0 Å². The Morgan fingerprint density at radius 1 is 1.12 bits per heavy atom. The molecule has 3 heterocycles. The van der Waals surface area contributed by atoms with Gasteiger partial charge in [-0.05, 0) is 38.3 Å². The Hall–Kier alpha value is -1.43. The molecule has 0 radical (unpaired) electrons. The lowest BCUT2D eigenvalue weighted by Gasteiger charge is -2.41. The second-order valence-electron chi connectivity index (χ2n) is 7.85. The zero-order chi connectivity index (χ0) is 17.6. The molecule has 5 nitrogen and oxygen atoms in total. The van der Waals surface area contributed by atoms with Crippen molar-refractivity contribution >= 4 is 11.6 Å². The van der Waals surface area contributed by atoms with Gasteiger partial charge in [0.1, 0.15) is 5.60 Å². The van der Waals surface area contributed by atoms with Crippen molar-refractivity contribution in [2.24, 2.45) is 0 Å². The summed E-state index contributed by atoms with van der Waals surface area (Å²) in [6.45, 7) is 10.9. The summed E-state index contributed by atoms with van der Waals surface area (Å²) in [6, 6.07) is 4.31. The van der Waals surface area contributed by atoms with Gasteiger partial charge in [-0.2, -0.15) is 0 Å². The number of nitrogens with zero attached hydrogens (tertiary/aromatic N) is 2. The van der Waals surface area contributed by atoms with Crippen molar-refractivity contribution in [2.45, 2.75) is 45.3 Å². The third-order valence-corrected chi connectivity index (χ3v) is 5.87. The number of rotatable bonds is 2. The summed E-state index contributed by atoms with van der Waals surface area (Å²) in [5.74, 6) is 0.242. The molecular formula is C20H28N2O3. The molecule has 1 amide bonds.